The zero-order valence-corrected chi connectivity index (χ0v) is 22.9. The number of rotatable bonds is 5. The third-order valence-electron chi connectivity index (χ3n) is 5.85. The van der Waals surface area contributed by atoms with Crippen LogP contribution in [0.3, 0.4) is 0 Å². The minimum atomic E-state index is -3.24. The molecule has 5 aromatic rings. The van der Waals surface area contributed by atoms with Crippen LogP contribution in [0.5, 0.6) is 0 Å². The maximum absolute atomic E-state index is 12.4. The summed E-state index contributed by atoms with van der Waals surface area (Å²) >= 11 is 1.35. The van der Waals surface area contributed by atoms with Crippen LogP contribution >= 0.6 is 11.3 Å². The second-order valence-electron chi connectivity index (χ2n) is 9.90. The largest absolute Gasteiger partial charge is 0.325 e. The monoisotopic (exact) mass is 546 g/mol. The molecule has 2 N–H and O–H groups in total. The van der Waals surface area contributed by atoms with E-state index in [4.69, 9.17) is 0 Å². The van der Waals surface area contributed by atoms with Gasteiger partial charge >= 0.3 is 6.03 Å². The minimum Gasteiger partial charge on any atom is -0.308 e. The normalized spacial score (nSPS) is 12.0. The first-order chi connectivity index (χ1) is 18.0. The van der Waals surface area contributed by atoms with E-state index >= 15 is 0 Å². The molecule has 0 aliphatic carbocycles. The number of benzene rings is 2. The zero-order valence-electron chi connectivity index (χ0n) is 21.3. The lowest BCUT2D eigenvalue weighted by atomic mass is 9.98. The van der Waals surface area contributed by atoms with Gasteiger partial charge in [-0.15, -0.1) is 10.2 Å². The number of nitrogens with one attached hydrogen (secondary N) is 2. The summed E-state index contributed by atoms with van der Waals surface area (Å²) in [5.41, 5.74) is 4.95. The van der Waals surface area contributed by atoms with Crippen molar-refractivity contribution in [3.05, 3.63) is 78.1 Å². The molecule has 0 bridgehead atoms. The van der Waals surface area contributed by atoms with E-state index in [-0.39, 0.29) is 16.3 Å². The second kappa shape index (κ2) is 9.66. The van der Waals surface area contributed by atoms with Crippen LogP contribution in [0.1, 0.15) is 25.8 Å². The van der Waals surface area contributed by atoms with Crippen molar-refractivity contribution in [2.24, 2.45) is 0 Å². The van der Waals surface area contributed by atoms with Gasteiger partial charge in [0.15, 0.2) is 9.84 Å². The molecule has 0 fully saturated rings. The second-order valence-corrected chi connectivity index (χ2v) is 12.9. The highest BCUT2D eigenvalue weighted by molar-refractivity contribution is 7.90. The Morgan fingerprint density at radius 2 is 1.58 bits per heavy atom. The number of fused-ring (bicyclic) bond motifs is 1. The van der Waals surface area contributed by atoms with Crippen molar-refractivity contribution < 1.29 is 13.2 Å². The zero-order chi connectivity index (χ0) is 27.1. The number of sulfone groups is 1. The number of nitrogens with zero attached hydrogens (tertiary/aromatic N) is 4. The summed E-state index contributed by atoms with van der Waals surface area (Å²) in [5, 5.41) is 15.0. The number of anilines is 2. The molecular weight excluding hydrogens is 520 g/mol. The number of carbonyl (C=O) groups excluding carboxylic acids is 1. The smallest absolute Gasteiger partial charge is 0.308 e. The van der Waals surface area contributed by atoms with E-state index in [1.165, 1.54) is 17.6 Å². The summed E-state index contributed by atoms with van der Waals surface area (Å²) in [4.78, 5) is 17.3. The van der Waals surface area contributed by atoms with Gasteiger partial charge in [0.05, 0.1) is 16.8 Å². The number of amides is 2. The van der Waals surface area contributed by atoms with Gasteiger partial charge in [-0.2, -0.15) is 0 Å². The Morgan fingerprint density at radius 3 is 2.21 bits per heavy atom. The Balaban J connectivity index is 1.29. The van der Waals surface area contributed by atoms with Gasteiger partial charge in [0.25, 0.3) is 0 Å². The molecule has 194 valence electrons. The average Bonchev–Trinajstić information content (AvgIpc) is 3.51. The van der Waals surface area contributed by atoms with Crippen LogP contribution in [0.4, 0.5) is 15.6 Å². The molecule has 0 unspecified atom stereocenters. The molecule has 9 nitrogen and oxygen atoms in total. The molecule has 5 rings (SSSR count). The Morgan fingerprint density at radius 1 is 0.895 bits per heavy atom. The number of pyridine rings is 1. The van der Waals surface area contributed by atoms with E-state index in [1.54, 1.807) is 30.5 Å². The lowest BCUT2D eigenvalue weighted by Gasteiger charge is -2.12. The van der Waals surface area contributed by atoms with Crippen LogP contribution in [0.2, 0.25) is 0 Å². The van der Waals surface area contributed by atoms with Crippen molar-refractivity contribution in [3.63, 3.8) is 0 Å². The van der Waals surface area contributed by atoms with E-state index in [2.05, 4.69) is 25.8 Å². The van der Waals surface area contributed by atoms with Crippen molar-refractivity contribution in [2.45, 2.75) is 31.1 Å². The molecule has 3 heterocycles. The third kappa shape index (κ3) is 5.43. The van der Waals surface area contributed by atoms with Crippen LogP contribution in [0.25, 0.3) is 28.0 Å². The van der Waals surface area contributed by atoms with Gasteiger partial charge in [0, 0.05) is 29.1 Å². The van der Waals surface area contributed by atoms with Crippen LogP contribution in [-0.2, 0) is 15.3 Å². The molecule has 0 atom stereocenters. The standard InChI is InChI=1S/C27H26N6O3S2/c1-27(2,3)24-31-32-26(37-24)30-25(34)29-20-9-5-18(6-10-20)22-16-28-23-15-19(13-14-33(22)23)17-7-11-21(12-8-17)38(4,35)36/h5-16H,1-4H3,(H2,29,30,32,34). The maximum atomic E-state index is 12.4. The van der Waals surface area contributed by atoms with E-state index in [9.17, 15) is 13.2 Å². The average molecular weight is 547 g/mol. The van der Waals surface area contributed by atoms with Crippen molar-refractivity contribution in [2.75, 3.05) is 16.9 Å². The summed E-state index contributed by atoms with van der Waals surface area (Å²) in [7, 11) is -3.24. The predicted octanol–water partition coefficient (Wildman–Crippen LogP) is 5.86. The van der Waals surface area contributed by atoms with Crippen LogP contribution in [-0.4, -0.2) is 40.3 Å². The molecule has 0 spiro atoms. The first-order valence-electron chi connectivity index (χ1n) is 11.8. The van der Waals surface area contributed by atoms with Gasteiger partial charge in [-0.3, -0.25) is 9.72 Å². The number of hydrogen-bond donors (Lipinski definition) is 2. The molecule has 0 aliphatic rings. The van der Waals surface area contributed by atoms with E-state index in [0.717, 1.165) is 33.0 Å². The highest BCUT2D eigenvalue weighted by atomic mass is 32.2. The molecule has 2 aromatic carbocycles. The van der Waals surface area contributed by atoms with E-state index < -0.39 is 9.84 Å². The van der Waals surface area contributed by atoms with Gasteiger partial charge in [0.2, 0.25) is 5.13 Å². The topological polar surface area (TPSA) is 118 Å². The first-order valence-corrected chi connectivity index (χ1v) is 14.5. The molecule has 0 saturated heterocycles. The van der Waals surface area contributed by atoms with Gasteiger partial charge in [-0.05, 0) is 47.5 Å². The molecule has 0 radical (unpaired) electrons. The molecule has 3 aromatic heterocycles. The van der Waals surface area contributed by atoms with Gasteiger partial charge in [-0.25, -0.2) is 18.2 Å². The lowest BCUT2D eigenvalue weighted by Crippen LogP contribution is -2.19. The summed E-state index contributed by atoms with van der Waals surface area (Å²) in [6.45, 7) is 6.13. The third-order valence-corrected chi connectivity index (χ3v) is 8.25. The molecule has 0 saturated carbocycles. The van der Waals surface area contributed by atoms with Crippen molar-refractivity contribution in [1.82, 2.24) is 19.6 Å². The van der Waals surface area contributed by atoms with Crippen LogP contribution in [0, 0.1) is 0 Å². The van der Waals surface area contributed by atoms with Crippen molar-refractivity contribution in [1.29, 1.82) is 0 Å². The SMILES string of the molecule is CC(C)(C)c1nnc(NC(=O)Nc2ccc(-c3cnc4cc(-c5ccc(S(C)(=O)=O)cc5)ccn34)cc2)s1. The minimum absolute atomic E-state index is 0.130. The fraction of sp³-hybridized carbons (Fsp3) is 0.185. The maximum Gasteiger partial charge on any atom is 0.325 e. The number of aromatic nitrogens is 4. The Labute approximate surface area is 224 Å². The number of hydrogen-bond acceptors (Lipinski definition) is 7. The molecule has 11 heteroatoms. The van der Waals surface area contributed by atoms with Crippen molar-refractivity contribution in [3.8, 4) is 22.4 Å². The summed E-state index contributed by atoms with van der Waals surface area (Å²) in [5.74, 6) is 0. The Bertz CT molecular complexity index is 1730. The summed E-state index contributed by atoms with van der Waals surface area (Å²) < 4.78 is 25.4. The van der Waals surface area contributed by atoms with Crippen LogP contribution < -0.4 is 10.6 Å². The van der Waals surface area contributed by atoms with E-state index in [0.29, 0.717) is 10.8 Å². The fourth-order valence-corrected chi connectivity index (χ4v) is 5.26. The quantitative estimate of drug-likeness (QED) is 0.285. The first kappa shape index (κ1) is 25.6. The number of urea groups is 1. The highest BCUT2D eigenvalue weighted by Crippen LogP contribution is 2.29. The number of carbonyl (C=O) groups is 1. The predicted molar refractivity (Wildman–Crippen MR) is 150 cm³/mol. The fourth-order valence-electron chi connectivity index (χ4n) is 3.83. The van der Waals surface area contributed by atoms with Gasteiger partial charge < -0.3 is 5.32 Å². The highest BCUT2D eigenvalue weighted by Gasteiger charge is 2.20. The Kier molecular flexibility index (Phi) is 6.49. The molecule has 38 heavy (non-hydrogen) atoms. The molecular formula is C27H26N6O3S2. The van der Waals surface area contributed by atoms with E-state index in [1.807, 2.05) is 67.8 Å². The molecule has 0 aliphatic heterocycles. The van der Waals surface area contributed by atoms with Crippen LogP contribution in [0.15, 0.2) is 78.0 Å². The summed E-state index contributed by atoms with van der Waals surface area (Å²) in [6.07, 6.45) is 4.93. The molecule has 2 amide bonds. The summed E-state index contributed by atoms with van der Waals surface area (Å²) in [6, 6.07) is 17.8. The van der Waals surface area contributed by atoms with Crippen molar-refractivity contribution >= 4 is 43.7 Å². The van der Waals surface area contributed by atoms with Gasteiger partial charge in [-0.1, -0.05) is 56.4 Å². The lowest BCUT2D eigenvalue weighted by molar-refractivity contribution is 0.262. The van der Waals surface area contributed by atoms with Gasteiger partial charge in [0.1, 0.15) is 10.7 Å². The number of imidazole rings is 1. The Hall–Kier alpha value is -4.09.